The lowest BCUT2D eigenvalue weighted by Crippen LogP contribution is -2.18. The molecule has 4 heteroatoms. The van der Waals surface area contributed by atoms with Crippen LogP contribution in [-0.2, 0) is 6.54 Å². The maximum absolute atomic E-state index is 4.42. The molecule has 1 atom stereocenters. The van der Waals surface area contributed by atoms with Crippen LogP contribution in [0.25, 0.3) is 0 Å². The van der Waals surface area contributed by atoms with Crippen LogP contribution in [0.3, 0.4) is 0 Å². The van der Waals surface area contributed by atoms with Crippen LogP contribution in [0.1, 0.15) is 17.4 Å². The van der Waals surface area contributed by atoms with E-state index in [-0.39, 0.29) is 0 Å². The number of aliphatic imine (C=N–C) groups is 1. The van der Waals surface area contributed by atoms with Crippen molar-refractivity contribution in [1.29, 1.82) is 0 Å². The fraction of sp³-hybridized carbons (Fsp3) is 0.500. The molecular weight excluding hydrogens is 212 g/mol. The summed E-state index contributed by atoms with van der Waals surface area (Å²) in [5.74, 6) is 0. The zero-order valence-corrected chi connectivity index (χ0v) is 10.0. The van der Waals surface area contributed by atoms with Crippen molar-refractivity contribution in [2.24, 2.45) is 4.99 Å². The predicted octanol–water partition coefficient (Wildman–Crippen LogP) is 2.64. The van der Waals surface area contributed by atoms with Crippen molar-refractivity contribution in [2.45, 2.75) is 25.6 Å². The van der Waals surface area contributed by atoms with Gasteiger partial charge < -0.3 is 5.32 Å². The zero-order valence-electron chi connectivity index (χ0n) is 8.41. The van der Waals surface area contributed by atoms with E-state index >= 15 is 0 Å². The minimum Gasteiger partial charge on any atom is -0.360 e. The largest absolute Gasteiger partial charge is 0.360 e. The Hall–Kier alpha value is -0.480. The molecule has 14 heavy (non-hydrogen) atoms. The molecule has 0 fully saturated rings. The molecule has 2 heterocycles. The average Bonchev–Trinajstić information content (AvgIpc) is 2.72. The van der Waals surface area contributed by atoms with E-state index in [1.54, 1.807) is 11.3 Å². The highest BCUT2D eigenvalue weighted by molar-refractivity contribution is 8.14. The van der Waals surface area contributed by atoms with Gasteiger partial charge in [-0.25, -0.2) is 0 Å². The average molecular weight is 226 g/mol. The lowest BCUT2D eigenvalue weighted by atomic mass is 10.3. The maximum Gasteiger partial charge on any atom is 0.157 e. The summed E-state index contributed by atoms with van der Waals surface area (Å²) in [4.78, 5) is 5.83. The zero-order chi connectivity index (χ0) is 9.97. The number of nitrogens with zero attached hydrogens (tertiary/aromatic N) is 1. The third-order valence-electron chi connectivity index (χ3n) is 2.17. The minimum atomic E-state index is 0.641. The molecule has 0 saturated heterocycles. The van der Waals surface area contributed by atoms with E-state index in [1.807, 2.05) is 11.8 Å². The number of thiophene rings is 1. The number of hydrogen-bond donors (Lipinski definition) is 1. The first-order valence-corrected chi connectivity index (χ1v) is 6.49. The lowest BCUT2D eigenvalue weighted by molar-refractivity contribution is 0.922. The van der Waals surface area contributed by atoms with Crippen molar-refractivity contribution in [3.05, 3.63) is 21.9 Å². The SMILES string of the molecule is Cc1ccsc1CNC1=NCC(C)S1. The number of thioether (sulfide) groups is 1. The highest BCUT2D eigenvalue weighted by atomic mass is 32.2. The Morgan fingerprint density at radius 1 is 1.64 bits per heavy atom. The summed E-state index contributed by atoms with van der Waals surface area (Å²) in [6.07, 6.45) is 0. The molecule has 1 aromatic rings. The molecule has 0 aromatic carbocycles. The van der Waals surface area contributed by atoms with Crippen LogP contribution in [-0.4, -0.2) is 17.0 Å². The summed E-state index contributed by atoms with van der Waals surface area (Å²) in [6, 6.07) is 2.16. The van der Waals surface area contributed by atoms with Crippen LogP contribution < -0.4 is 5.32 Å². The van der Waals surface area contributed by atoms with Gasteiger partial charge in [-0.1, -0.05) is 18.7 Å². The van der Waals surface area contributed by atoms with E-state index in [4.69, 9.17) is 0 Å². The molecule has 0 saturated carbocycles. The van der Waals surface area contributed by atoms with Crippen LogP contribution in [0.4, 0.5) is 0 Å². The Morgan fingerprint density at radius 3 is 3.07 bits per heavy atom. The van der Waals surface area contributed by atoms with E-state index < -0.39 is 0 Å². The van der Waals surface area contributed by atoms with Gasteiger partial charge >= 0.3 is 0 Å². The van der Waals surface area contributed by atoms with Gasteiger partial charge in [0.05, 0.1) is 13.1 Å². The Labute approximate surface area is 92.8 Å². The molecule has 1 aliphatic rings. The van der Waals surface area contributed by atoms with Gasteiger partial charge in [0.15, 0.2) is 5.17 Å². The van der Waals surface area contributed by atoms with E-state index in [0.717, 1.165) is 18.3 Å². The molecule has 0 radical (unpaired) electrons. The minimum absolute atomic E-state index is 0.641. The molecule has 1 N–H and O–H groups in total. The summed E-state index contributed by atoms with van der Waals surface area (Å²) in [6.45, 7) is 6.23. The first kappa shape index (κ1) is 10.1. The van der Waals surface area contributed by atoms with E-state index in [0.29, 0.717) is 5.25 Å². The first-order chi connectivity index (χ1) is 6.75. The van der Waals surface area contributed by atoms with Gasteiger partial charge in [0.25, 0.3) is 0 Å². The van der Waals surface area contributed by atoms with Crippen LogP contribution >= 0.6 is 23.1 Å². The van der Waals surface area contributed by atoms with Crippen molar-refractivity contribution < 1.29 is 0 Å². The van der Waals surface area contributed by atoms with Crippen LogP contribution in [0, 0.1) is 6.92 Å². The van der Waals surface area contributed by atoms with Gasteiger partial charge in [-0.15, -0.1) is 11.3 Å². The van der Waals surface area contributed by atoms with E-state index in [2.05, 4.69) is 35.6 Å². The third-order valence-corrected chi connectivity index (χ3v) is 4.24. The quantitative estimate of drug-likeness (QED) is 0.838. The molecular formula is C10H14N2S2. The second-order valence-electron chi connectivity index (χ2n) is 3.45. The molecule has 1 aliphatic heterocycles. The Balaban J connectivity index is 1.86. The Kier molecular flexibility index (Phi) is 3.13. The van der Waals surface area contributed by atoms with Gasteiger partial charge in [-0.2, -0.15) is 0 Å². The van der Waals surface area contributed by atoms with Gasteiger partial charge in [0, 0.05) is 10.1 Å². The fourth-order valence-electron chi connectivity index (χ4n) is 1.32. The van der Waals surface area contributed by atoms with Crippen molar-refractivity contribution >= 4 is 28.3 Å². The van der Waals surface area contributed by atoms with Crippen LogP contribution in [0.15, 0.2) is 16.4 Å². The van der Waals surface area contributed by atoms with Crippen molar-refractivity contribution in [1.82, 2.24) is 5.32 Å². The topological polar surface area (TPSA) is 24.4 Å². The monoisotopic (exact) mass is 226 g/mol. The summed E-state index contributed by atoms with van der Waals surface area (Å²) in [7, 11) is 0. The Bertz CT molecular complexity index is 344. The summed E-state index contributed by atoms with van der Waals surface area (Å²) >= 11 is 3.64. The smallest absolute Gasteiger partial charge is 0.157 e. The molecule has 0 bridgehead atoms. The van der Waals surface area contributed by atoms with Gasteiger partial charge in [0.2, 0.25) is 0 Å². The molecule has 1 unspecified atom stereocenters. The lowest BCUT2D eigenvalue weighted by Gasteiger charge is -2.04. The molecule has 0 spiro atoms. The number of amidine groups is 1. The van der Waals surface area contributed by atoms with Crippen LogP contribution in [0.2, 0.25) is 0 Å². The first-order valence-electron chi connectivity index (χ1n) is 4.73. The number of hydrogen-bond acceptors (Lipinski definition) is 4. The summed E-state index contributed by atoms with van der Waals surface area (Å²) in [5, 5.41) is 7.26. The molecule has 2 rings (SSSR count). The number of rotatable bonds is 2. The molecule has 1 aromatic heterocycles. The molecule has 2 nitrogen and oxygen atoms in total. The fourth-order valence-corrected chi connectivity index (χ4v) is 3.00. The van der Waals surface area contributed by atoms with Gasteiger partial charge in [0.1, 0.15) is 0 Å². The maximum atomic E-state index is 4.42. The van der Waals surface area contributed by atoms with Crippen LogP contribution in [0.5, 0.6) is 0 Å². The summed E-state index contributed by atoms with van der Waals surface area (Å²) in [5.41, 5.74) is 1.37. The highest BCUT2D eigenvalue weighted by Crippen LogP contribution is 2.20. The second-order valence-corrected chi connectivity index (χ2v) is 5.88. The Morgan fingerprint density at radius 2 is 2.50 bits per heavy atom. The predicted molar refractivity (Wildman–Crippen MR) is 65.3 cm³/mol. The standard InChI is InChI=1S/C10H14N2S2/c1-7-3-4-13-9(7)6-12-10-11-5-8(2)14-10/h3-4,8H,5-6H2,1-2H3,(H,11,12). The molecule has 0 aliphatic carbocycles. The second kappa shape index (κ2) is 4.36. The highest BCUT2D eigenvalue weighted by Gasteiger charge is 2.14. The van der Waals surface area contributed by atoms with Crippen molar-refractivity contribution in [2.75, 3.05) is 6.54 Å². The van der Waals surface area contributed by atoms with Gasteiger partial charge in [-0.3, -0.25) is 4.99 Å². The van der Waals surface area contributed by atoms with Crippen molar-refractivity contribution in [3.63, 3.8) is 0 Å². The van der Waals surface area contributed by atoms with Gasteiger partial charge in [-0.05, 0) is 23.9 Å². The van der Waals surface area contributed by atoms with E-state index in [9.17, 15) is 0 Å². The van der Waals surface area contributed by atoms with E-state index in [1.165, 1.54) is 10.4 Å². The molecule has 0 amide bonds. The summed E-state index contributed by atoms with van der Waals surface area (Å²) < 4.78 is 0. The van der Waals surface area contributed by atoms with Crippen molar-refractivity contribution in [3.8, 4) is 0 Å². The number of aryl methyl sites for hydroxylation is 1. The molecule has 76 valence electrons. The third kappa shape index (κ3) is 2.30. The number of nitrogens with one attached hydrogen (secondary N) is 1. The normalized spacial score (nSPS) is 21.0.